The minimum absolute atomic E-state index is 0.00608. The number of aromatic nitrogens is 1. The van der Waals surface area contributed by atoms with Crippen LogP contribution >= 0.6 is 0 Å². The Kier molecular flexibility index (Phi) is 6.53. The van der Waals surface area contributed by atoms with Gasteiger partial charge in [-0.1, -0.05) is 32.0 Å². The zero-order valence-corrected chi connectivity index (χ0v) is 18.7. The van der Waals surface area contributed by atoms with Gasteiger partial charge in [-0.25, -0.2) is 0 Å². The van der Waals surface area contributed by atoms with Crippen molar-refractivity contribution in [1.29, 1.82) is 0 Å². The van der Waals surface area contributed by atoms with Crippen LogP contribution in [0.5, 0.6) is 0 Å². The number of carbonyl (C=O) groups excluding carboxylic acids is 3. The topological polar surface area (TPSA) is 73.8 Å². The zero-order valence-electron chi connectivity index (χ0n) is 18.7. The van der Waals surface area contributed by atoms with E-state index in [9.17, 15) is 14.4 Å². The van der Waals surface area contributed by atoms with Gasteiger partial charge >= 0.3 is 0 Å². The molecule has 1 aromatic heterocycles. The minimum atomic E-state index is -0.332. The molecule has 2 fully saturated rings. The summed E-state index contributed by atoms with van der Waals surface area (Å²) < 4.78 is 0. The number of piperazine rings is 1. The Bertz CT molecular complexity index is 984. The first-order chi connectivity index (χ1) is 15.4. The second-order valence-electron chi connectivity index (χ2n) is 8.86. The summed E-state index contributed by atoms with van der Waals surface area (Å²) in [6.07, 6.45) is 2.20. The van der Waals surface area contributed by atoms with Crippen LogP contribution in [0, 0.1) is 5.92 Å². The largest absolute Gasteiger partial charge is 0.339 e. The Morgan fingerprint density at radius 2 is 1.78 bits per heavy atom. The average molecular weight is 435 g/mol. The number of anilines is 1. The summed E-state index contributed by atoms with van der Waals surface area (Å²) in [5, 5.41) is 0. The van der Waals surface area contributed by atoms with Crippen molar-refractivity contribution in [3.8, 4) is 0 Å². The predicted octanol–water partition coefficient (Wildman–Crippen LogP) is 2.47. The van der Waals surface area contributed by atoms with Gasteiger partial charge < -0.3 is 14.7 Å². The first-order valence-corrected chi connectivity index (χ1v) is 11.3. The van der Waals surface area contributed by atoms with E-state index in [1.54, 1.807) is 20.9 Å². The molecule has 0 aliphatic carbocycles. The molecule has 0 spiro atoms. The molecule has 2 saturated heterocycles. The summed E-state index contributed by atoms with van der Waals surface area (Å²) in [7, 11) is 0. The normalized spacial score (nSPS) is 19.0. The molecule has 3 amide bonds. The molecule has 1 atom stereocenters. The van der Waals surface area contributed by atoms with Crippen LogP contribution in [0.4, 0.5) is 5.69 Å². The molecular weight excluding hydrogens is 404 g/mol. The molecule has 0 saturated carbocycles. The van der Waals surface area contributed by atoms with Gasteiger partial charge in [0.1, 0.15) is 0 Å². The van der Waals surface area contributed by atoms with E-state index >= 15 is 0 Å². The molecule has 7 heteroatoms. The van der Waals surface area contributed by atoms with Crippen molar-refractivity contribution in [2.45, 2.75) is 32.6 Å². The van der Waals surface area contributed by atoms with E-state index in [0.717, 1.165) is 11.4 Å². The molecule has 0 N–H and O–H groups in total. The number of carbonyl (C=O) groups is 3. The highest BCUT2D eigenvalue weighted by Crippen LogP contribution is 2.29. The van der Waals surface area contributed by atoms with Crippen LogP contribution in [0.15, 0.2) is 48.7 Å². The third-order valence-electron chi connectivity index (χ3n) is 6.33. The molecule has 3 heterocycles. The highest BCUT2D eigenvalue weighted by molar-refractivity contribution is 6.00. The Morgan fingerprint density at radius 1 is 1.03 bits per heavy atom. The van der Waals surface area contributed by atoms with Gasteiger partial charge in [-0.05, 0) is 35.7 Å². The first kappa shape index (κ1) is 22.0. The smallest absolute Gasteiger partial charge is 0.228 e. The third-order valence-corrected chi connectivity index (χ3v) is 6.33. The van der Waals surface area contributed by atoms with Crippen molar-refractivity contribution < 1.29 is 14.4 Å². The summed E-state index contributed by atoms with van der Waals surface area (Å²) in [5.41, 5.74) is 2.79. The fraction of sp³-hybridized carbons (Fsp3) is 0.440. The summed E-state index contributed by atoms with van der Waals surface area (Å²) in [4.78, 5) is 47.9. The Labute approximate surface area is 189 Å². The number of amides is 3. The molecule has 7 nitrogen and oxygen atoms in total. The zero-order chi connectivity index (χ0) is 22.7. The lowest BCUT2D eigenvalue weighted by Crippen LogP contribution is -2.52. The van der Waals surface area contributed by atoms with E-state index < -0.39 is 0 Å². The van der Waals surface area contributed by atoms with Crippen LogP contribution in [0.2, 0.25) is 0 Å². The SMILES string of the molecule is CC(C)c1cccc(N2CC(C(=O)N3CCN(C(=O)Cc4ccccn4)CC3)CC2=O)c1. The number of rotatable bonds is 5. The van der Waals surface area contributed by atoms with Crippen molar-refractivity contribution >= 4 is 23.4 Å². The number of pyridine rings is 1. The van der Waals surface area contributed by atoms with Crippen molar-refractivity contribution in [2.75, 3.05) is 37.6 Å². The van der Waals surface area contributed by atoms with E-state index in [1.165, 1.54) is 5.56 Å². The van der Waals surface area contributed by atoms with Gasteiger partial charge in [0.05, 0.1) is 12.3 Å². The van der Waals surface area contributed by atoms with Crippen molar-refractivity contribution in [3.05, 3.63) is 59.9 Å². The Hall–Kier alpha value is -3.22. The maximum Gasteiger partial charge on any atom is 0.228 e. The van der Waals surface area contributed by atoms with Gasteiger partial charge in [0.25, 0.3) is 0 Å². The fourth-order valence-electron chi connectivity index (χ4n) is 4.38. The van der Waals surface area contributed by atoms with E-state index in [2.05, 4.69) is 24.9 Å². The minimum Gasteiger partial charge on any atom is -0.339 e. The molecule has 2 aliphatic rings. The number of benzene rings is 1. The van der Waals surface area contributed by atoms with Crippen LogP contribution in [0.3, 0.4) is 0 Å². The van der Waals surface area contributed by atoms with Crippen LogP contribution in [-0.2, 0) is 20.8 Å². The number of nitrogens with zero attached hydrogens (tertiary/aromatic N) is 4. The highest BCUT2D eigenvalue weighted by atomic mass is 16.2. The molecule has 4 rings (SSSR count). The van der Waals surface area contributed by atoms with Crippen molar-refractivity contribution in [3.63, 3.8) is 0 Å². The molecule has 168 valence electrons. The Morgan fingerprint density at radius 3 is 2.47 bits per heavy atom. The van der Waals surface area contributed by atoms with Gasteiger partial charge in [-0.2, -0.15) is 0 Å². The Balaban J connectivity index is 1.32. The molecular formula is C25H30N4O3. The van der Waals surface area contributed by atoms with Gasteiger partial charge in [-0.15, -0.1) is 0 Å². The molecule has 0 radical (unpaired) electrons. The lowest BCUT2D eigenvalue weighted by atomic mass is 10.0. The van der Waals surface area contributed by atoms with Crippen molar-refractivity contribution in [1.82, 2.24) is 14.8 Å². The van der Waals surface area contributed by atoms with Crippen LogP contribution < -0.4 is 4.90 Å². The summed E-state index contributed by atoms with van der Waals surface area (Å²) in [5.74, 6) is 0.0805. The maximum atomic E-state index is 13.1. The van der Waals surface area contributed by atoms with Gasteiger partial charge in [0.15, 0.2) is 0 Å². The van der Waals surface area contributed by atoms with Crippen LogP contribution in [-0.4, -0.2) is 65.2 Å². The van der Waals surface area contributed by atoms with E-state index in [0.29, 0.717) is 38.6 Å². The van der Waals surface area contributed by atoms with Gasteiger partial charge in [0.2, 0.25) is 17.7 Å². The van der Waals surface area contributed by atoms with E-state index in [-0.39, 0.29) is 36.5 Å². The summed E-state index contributed by atoms with van der Waals surface area (Å²) >= 11 is 0. The molecule has 32 heavy (non-hydrogen) atoms. The van der Waals surface area contributed by atoms with E-state index in [1.807, 2.05) is 36.4 Å². The highest BCUT2D eigenvalue weighted by Gasteiger charge is 2.38. The van der Waals surface area contributed by atoms with Crippen LogP contribution in [0.25, 0.3) is 0 Å². The van der Waals surface area contributed by atoms with E-state index in [4.69, 9.17) is 0 Å². The fourth-order valence-corrected chi connectivity index (χ4v) is 4.38. The lowest BCUT2D eigenvalue weighted by Gasteiger charge is -2.36. The third kappa shape index (κ3) is 4.82. The molecule has 1 unspecified atom stereocenters. The quantitative estimate of drug-likeness (QED) is 0.725. The summed E-state index contributed by atoms with van der Waals surface area (Å²) in [6.45, 7) is 6.69. The monoisotopic (exact) mass is 434 g/mol. The second-order valence-corrected chi connectivity index (χ2v) is 8.86. The molecule has 1 aromatic carbocycles. The lowest BCUT2D eigenvalue weighted by molar-refractivity contribution is -0.141. The number of hydrogen-bond acceptors (Lipinski definition) is 4. The van der Waals surface area contributed by atoms with Crippen molar-refractivity contribution in [2.24, 2.45) is 5.92 Å². The first-order valence-electron chi connectivity index (χ1n) is 11.3. The van der Waals surface area contributed by atoms with Crippen LogP contribution in [0.1, 0.15) is 37.4 Å². The van der Waals surface area contributed by atoms with Gasteiger partial charge in [0, 0.05) is 56.7 Å². The molecule has 2 aliphatic heterocycles. The van der Waals surface area contributed by atoms with Gasteiger partial charge in [-0.3, -0.25) is 19.4 Å². The second kappa shape index (κ2) is 9.51. The maximum absolute atomic E-state index is 13.1. The predicted molar refractivity (Wildman–Crippen MR) is 122 cm³/mol. The average Bonchev–Trinajstić information content (AvgIpc) is 3.21. The molecule has 2 aromatic rings. The number of hydrogen-bond donors (Lipinski definition) is 0. The molecule has 0 bridgehead atoms. The standard InChI is InChI=1S/C25H30N4O3/c1-18(2)19-6-5-8-22(14-19)29-17-20(15-24(29)31)25(32)28-12-10-27(11-13-28)23(30)16-21-7-3-4-9-26-21/h3-9,14,18,20H,10-13,15-17H2,1-2H3. The summed E-state index contributed by atoms with van der Waals surface area (Å²) in [6, 6.07) is 13.5.